The second-order valence-corrected chi connectivity index (χ2v) is 15.4. The van der Waals surface area contributed by atoms with Gasteiger partial charge in [0.25, 0.3) is 0 Å². The largest absolute Gasteiger partial charge is 0.396 e. The second-order valence-electron chi connectivity index (χ2n) is 15.4. The Hall–Kier alpha value is -1.16. The molecule has 0 bridgehead atoms. The maximum atomic E-state index is 14.3. The lowest BCUT2D eigenvalue weighted by Crippen LogP contribution is -2.66. The monoisotopic (exact) mass is 515 g/mol. The summed E-state index contributed by atoms with van der Waals surface area (Å²) in [6.45, 7) is 16.7. The van der Waals surface area contributed by atoms with Crippen LogP contribution in [0.1, 0.15) is 121 Å². The third kappa shape index (κ3) is 3.70. The molecule has 37 heavy (non-hydrogen) atoms. The van der Waals surface area contributed by atoms with Crippen LogP contribution >= 0.6 is 0 Å². The van der Waals surface area contributed by atoms with E-state index in [0.717, 1.165) is 57.8 Å². The van der Waals surface area contributed by atoms with E-state index >= 15 is 0 Å². The van der Waals surface area contributed by atoms with Crippen LogP contribution in [0.2, 0.25) is 0 Å². The summed E-state index contributed by atoms with van der Waals surface area (Å²) < 4.78 is 0. The molecule has 0 heterocycles. The van der Waals surface area contributed by atoms with Gasteiger partial charge in [0.05, 0.1) is 0 Å². The molecular formula is C33H57NO3. The Bertz CT molecular complexity index is 984. The van der Waals surface area contributed by atoms with E-state index in [4.69, 9.17) is 5.73 Å². The quantitative estimate of drug-likeness (QED) is 0.404. The van der Waals surface area contributed by atoms with Crippen molar-refractivity contribution in [3.8, 4) is 0 Å². The maximum absolute atomic E-state index is 14.3. The van der Waals surface area contributed by atoms with Crippen LogP contribution in [0.15, 0.2) is 11.6 Å². The molecular weight excluding hydrogens is 458 g/mol. The number of fused-ring (bicyclic) bond motifs is 7. The summed E-state index contributed by atoms with van der Waals surface area (Å²) >= 11 is 0. The van der Waals surface area contributed by atoms with Gasteiger partial charge in [-0.05, 0) is 109 Å². The zero-order valence-electron chi connectivity index (χ0n) is 23.3. The number of aliphatic hydroxyl groups is 1. The van der Waals surface area contributed by atoms with Gasteiger partial charge in [0, 0.05) is 17.9 Å². The van der Waals surface area contributed by atoms with Crippen LogP contribution in [0.25, 0.3) is 0 Å². The zero-order chi connectivity index (χ0) is 25.8. The molecule has 1 amide bonds. The number of aliphatic hydroxyl groups excluding tert-OH is 1. The van der Waals surface area contributed by atoms with Gasteiger partial charge in [-0.25, -0.2) is 0 Å². The van der Waals surface area contributed by atoms with Crippen molar-refractivity contribution >= 4 is 11.7 Å². The van der Waals surface area contributed by atoms with Crippen molar-refractivity contribution in [3.05, 3.63) is 11.6 Å². The first-order valence-electron chi connectivity index (χ1n) is 14.3. The summed E-state index contributed by atoms with van der Waals surface area (Å²) in [7, 11) is 0. The summed E-state index contributed by atoms with van der Waals surface area (Å²) in [5.74, 6) is 1.19. The molecule has 4 nitrogen and oxygen atoms in total. The summed E-state index contributed by atoms with van der Waals surface area (Å²) in [6.07, 6.45) is 11.2. The van der Waals surface area contributed by atoms with Crippen molar-refractivity contribution in [2.75, 3.05) is 6.61 Å². The number of hydrogen-bond acceptors (Lipinski definition) is 3. The lowest BCUT2D eigenvalue weighted by Gasteiger charge is -2.70. The number of carbonyl (C=O) groups excluding carboxylic acids is 2. The third-order valence-corrected chi connectivity index (χ3v) is 13.6. The number of hydrogen-bond donors (Lipinski definition) is 2. The van der Waals surface area contributed by atoms with Gasteiger partial charge in [0.2, 0.25) is 5.91 Å². The Labute approximate surface area is 227 Å². The molecule has 0 aromatic carbocycles. The summed E-state index contributed by atoms with van der Waals surface area (Å²) in [4.78, 5) is 26.8. The van der Waals surface area contributed by atoms with E-state index in [1.807, 2.05) is 6.92 Å². The Morgan fingerprint density at radius 3 is 2.16 bits per heavy atom. The molecule has 0 saturated heterocycles. The molecule has 212 valence electrons. The molecule has 4 heteroatoms. The molecule has 0 aliphatic heterocycles. The molecule has 4 saturated carbocycles. The van der Waals surface area contributed by atoms with Crippen molar-refractivity contribution < 1.29 is 14.7 Å². The molecule has 0 aromatic rings. The lowest BCUT2D eigenvalue weighted by atomic mass is 9.33. The molecule has 9 atom stereocenters. The maximum Gasteiger partial charge on any atom is 0.223 e. The fourth-order valence-corrected chi connectivity index (χ4v) is 10.8. The molecule has 4 fully saturated rings. The molecule has 5 aliphatic rings. The molecule has 0 unspecified atom stereocenters. The highest BCUT2D eigenvalue weighted by Gasteiger charge is 2.70. The molecule has 0 aromatic heterocycles. The first-order valence-corrected chi connectivity index (χ1v) is 14.3. The number of nitrogens with two attached hydrogens (primary N) is 1. The minimum atomic E-state index is -0.486. The number of ketones is 1. The summed E-state index contributed by atoms with van der Waals surface area (Å²) in [5.41, 5.74) is 6.80. The summed E-state index contributed by atoms with van der Waals surface area (Å²) in [5, 5.41) is 10.1. The van der Waals surface area contributed by atoms with Gasteiger partial charge in [-0.1, -0.05) is 68.9 Å². The van der Waals surface area contributed by atoms with Crippen LogP contribution in [0.4, 0.5) is 0 Å². The van der Waals surface area contributed by atoms with Crippen molar-refractivity contribution in [2.45, 2.75) is 121 Å². The highest BCUT2D eigenvalue weighted by molar-refractivity contribution is 5.95. The minimum absolute atomic E-state index is 0. The molecule has 5 aliphatic carbocycles. The standard InChI is InChI=1S/C31H49NO3.2CH4/c1-26(2)19(18-33)8-10-29(5)23(26)9-11-31(7)24(29)22(34)16-20-21-17-28(4,25(32)35)13-12-27(21,3)14-15-30(20,31)6;;/h16,19,21,23-24,33H,8-15,17-18H2,1-7H3,(H2,32,35);2*1H4/t19-,21+,23+,24-,27-,28+,29+,30-,31-;;/m1../s1. The van der Waals surface area contributed by atoms with Crippen molar-refractivity contribution in [2.24, 2.45) is 61.9 Å². The first kappa shape index (κ1) is 30.4. The molecule has 3 N–H and O–H groups in total. The Kier molecular flexibility index (Phi) is 7.33. The average molecular weight is 516 g/mol. The number of amides is 1. The average Bonchev–Trinajstić information content (AvgIpc) is 2.76. The van der Waals surface area contributed by atoms with Crippen molar-refractivity contribution in [3.63, 3.8) is 0 Å². The van der Waals surface area contributed by atoms with E-state index in [-0.39, 0.29) is 66.3 Å². The number of rotatable bonds is 2. The predicted molar refractivity (Wildman–Crippen MR) is 153 cm³/mol. The normalized spacial score (nSPS) is 50.1. The molecule has 0 radical (unpaired) electrons. The van der Waals surface area contributed by atoms with Gasteiger partial charge >= 0.3 is 0 Å². The predicted octanol–water partition coefficient (Wildman–Crippen LogP) is 7.33. The van der Waals surface area contributed by atoms with Crippen LogP contribution in [0.5, 0.6) is 0 Å². The van der Waals surface area contributed by atoms with Crippen LogP contribution in [-0.2, 0) is 9.59 Å². The van der Waals surface area contributed by atoms with Crippen LogP contribution in [-0.4, -0.2) is 23.4 Å². The Morgan fingerprint density at radius 2 is 1.57 bits per heavy atom. The Balaban J connectivity index is 0.00000190. The van der Waals surface area contributed by atoms with Crippen molar-refractivity contribution in [1.82, 2.24) is 0 Å². The molecule has 0 spiro atoms. The van der Waals surface area contributed by atoms with Gasteiger partial charge in [0.1, 0.15) is 0 Å². The van der Waals surface area contributed by atoms with E-state index in [1.165, 1.54) is 5.57 Å². The van der Waals surface area contributed by atoms with E-state index in [1.54, 1.807) is 0 Å². The van der Waals surface area contributed by atoms with Gasteiger partial charge < -0.3 is 10.8 Å². The topological polar surface area (TPSA) is 80.4 Å². The third-order valence-electron chi connectivity index (χ3n) is 13.6. The molecule has 5 rings (SSSR count). The van der Waals surface area contributed by atoms with Crippen LogP contribution in [0.3, 0.4) is 0 Å². The first-order chi connectivity index (χ1) is 16.1. The van der Waals surface area contributed by atoms with Crippen LogP contribution in [0, 0.1) is 56.2 Å². The minimum Gasteiger partial charge on any atom is -0.396 e. The smallest absolute Gasteiger partial charge is 0.223 e. The van der Waals surface area contributed by atoms with Gasteiger partial charge in [-0.15, -0.1) is 0 Å². The van der Waals surface area contributed by atoms with E-state index < -0.39 is 5.41 Å². The van der Waals surface area contributed by atoms with Crippen molar-refractivity contribution in [1.29, 1.82) is 0 Å². The van der Waals surface area contributed by atoms with E-state index in [2.05, 4.69) is 47.6 Å². The number of carbonyl (C=O) groups is 2. The number of primary amides is 1. The SMILES string of the molecule is C.C.CC1(C)[C@@H](CO)CC[C@]2(C)[C@H]3C(=O)C=C4[C@@H]5C[C@@](C)(C(N)=O)CC[C@]5(C)CC[C@@]4(C)[C@]3(C)CC[C@@H]12. The summed E-state index contributed by atoms with van der Waals surface area (Å²) in [6, 6.07) is 0. The van der Waals surface area contributed by atoms with E-state index in [0.29, 0.717) is 17.6 Å². The van der Waals surface area contributed by atoms with Gasteiger partial charge in [-0.3, -0.25) is 9.59 Å². The number of allylic oxidation sites excluding steroid dienone is 2. The second kappa shape index (κ2) is 8.93. The lowest BCUT2D eigenvalue weighted by molar-refractivity contribution is -0.195. The highest BCUT2D eigenvalue weighted by Crippen LogP contribution is 2.75. The van der Waals surface area contributed by atoms with Gasteiger partial charge in [0.15, 0.2) is 5.78 Å². The van der Waals surface area contributed by atoms with Gasteiger partial charge in [-0.2, -0.15) is 0 Å². The fraction of sp³-hybridized carbons (Fsp3) is 0.879. The highest BCUT2D eigenvalue weighted by atomic mass is 16.3. The fourth-order valence-electron chi connectivity index (χ4n) is 10.8. The van der Waals surface area contributed by atoms with Crippen LogP contribution < -0.4 is 5.73 Å². The van der Waals surface area contributed by atoms with E-state index in [9.17, 15) is 14.7 Å². The Morgan fingerprint density at radius 1 is 0.946 bits per heavy atom. The zero-order valence-corrected chi connectivity index (χ0v) is 23.3.